The number of aliphatic hydroxyl groups is 2. The molecule has 0 saturated heterocycles. The minimum absolute atomic E-state index is 0.0818. The van der Waals surface area contributed by atoms with Crippen molar-refractivity contribution in [1.82, 2.24) is 5.32 Å². The van der Waals surface area contributed by atoms with E-state index in [1.165, 1.54) is 212 Å². The Morgan fingerprint density at radius 2 is 0.774 bits per heavy atom. The van der Waals surface area contributed by atoms with Gasteiger partial charge in [0.15, 0.2) is 0 Å². The molecule has 0 fully saturated rings. The largest absolute Gasteiger partial charge is 0.462 e. The van der Waals surface area contributed by atoms with Gasteiger partial charge in [0.05, 0.1) is 25.2 Å². The first-order chi connectivity index (χ1) is 30.5. The molecule has 6 nitrogen and oxygen atoms in total. The third-order valence-electron chi connectivity index (χ3n) is 13.1. The molecule has 62 heavy (non-hydrogen) atoms. The standard InChI is InChI=1S/C56H109NO5/c1-4-7-10-13-16-19-21-23-25-27-29-31-33-36-38-41-44-47-52(50-55(60)57-53(51-58)54(59)48-45-42-39-35-18-15-12-9-6-3)62-56(61)49-46-43-40-37-34-32-30-28-26-24-22-20-17-14-11-8-5-2/h23,25,52-54,58-59H,4-22,24,26-51H2,1-3H3,(H,57,60)/b25-23+. The first kappa shape index (κ1) is 60.6. The second-order valence-corrected chi connectivity index (χ2v) is 19.3. The van der Waals surface area contributed by atoms with Gasteiger partial charge in [-0.1, -0.05) is 258 Å². The molecule has 0 aliphatic carbocycles. The van der Waals surface area contributed by atoms with Crippen LogP contribution in [0.5, 0.6) is 0 Å². The van der Waals surface area contributed by atoms with Crippen molar-refractivity contribution in [2.45, 2.75) is 328 Å². The number of hydrogen-bond acceptors (Lipinski definition) is 5. The maximum absolute atomic E-state index is 13.2. The summed E-state index contributed by atoms with van der Waals surface area (Å²) in [5.41, 5.74) is 0. The molecular formula is C56H109NO5. The Balaban J connectivity index is 4.49. The fraction of sp³-hybridized carbons (Fsp3) is 0.929. The van der Waals surface area contributed by atoms with Crippen LogP contribution >= 0.6 is 0 Å². The summed E-state index contributed by atoms with van der Waals surface area (Å²) in [6, 6.07) is -0.696. The SMILES string of the molecule is CCCCCCCC/C=C/CCCCCCCCCC(CC(=O)NC(CO)C(O)CCCCCCCCCCC)OC(=O)CCCCCCCCCCCCCCCCCCC. The summed E-state index contributed by atoms with van der Waals surface area (Å²) in [5.74, 6) is -0.458. The van der Waals surface area contributed by atoms with Gasteiger partial charge in [-0.3, -0.25) is 9.59 Å². The van der Waals surface area contributed by atoms with Crippen molar-refractivity contribution in [3.05, 3.63) is 12.2 Å². The Morgan fingerprint density at radius 1 is 0.452 bits per heavy atom. The number of ether oxygens (including phenoxy) is 1. The number of unbranched alkanes of at least 4 members (excludes halogenated alkanes) is 37. The van der Waals surface area contributed by atoms with Crippen LogP contribution in [-0.2, 0) is 14.3 Å². The van der Waals surface area contributed by atoms with Crippen LogP contribution < -0.4 is 5.32 Å². The molecule has 6 heteroatoms. The van der Waals surface area contributed by atoms with E-state index in [1.807, 2.05) is 0 Å². The molecule has 0 aromatic heterocycles. The van der Waals surface area contributed by atoms with Gasteiger partial charge < -0.3 is 20.3 Å². The maximum atomic E-state index is 13.2. The molecule has 1 amide bonds. The van der Waals surface area contributed by atoms with Crippen molar-refractivity contribution in [3.63, 3.8) is 0 Å². The Kier molecular flexibility index (Phi) is 49.5. The van der Waals surface area contributed by atoms with Crippen LogP contribution in [0.4, 0.5) is 0 Å². The number of amides is 1. The lowest BCUT2D eigenvalue weighted by atomic mass is 10.0. The number of esters is 1. The fourth-order valence-corrected chi connectivity index (χ4v) is 8.84. The van der Waals surface area contributed by atoms with Crippen LogP contribution in [0.1, 0.15) is 310 Å². The van der Waals surface area contributed by atoms with E-state index in [-0.39, 0.29) is 24.9 Å². The molecule has 0 aliphatic heterocycles. The minimum Gasteiger partial charge on any atom is -0.462 e. The highest BCUT2D eigenvalue weighted by Crippen LogP contribution is 2.19. The van der Waals surface area contributed by atoms with Gasteiger partial charge in [0.25, 0.3) is 0 Å². The molecule has 0 heterocycles. The summed E-state index contributed by atoms with van der Waals surface area (Å²) in [4.78, 5) is 26.2. The van der Waals surface area contributed by atoms with Crippen molar-refractivity contribution in [3.8, 4) is 0 Å². The zero-order valence-corrected chi connectivity index (χ0v) is 42.0. The normalized spacial score (nSPS) is 13.2. The summed E-state index contributed by atoms with van der Waals surface area (Å²) in [5, 5.41) is 23.7. The number of hydrogen-bond donors (Lipinski definition) is 3. The van der Waals surface area contributed by atoms with E-state index in [2.05, 4.69) is 38.2 Å². The van der Waals surface area contributed by atoms with Crippen molar-refractivity contribution in [2.24, 2.45) is 0 Å². The molecule has 0 bridgehead atoms. The number of rotatable bonds is 51. The number of allylic oxidation sites excluding steroid dienone is 2. The smallest absolute Gasteiger partial charge is 0.306 e. The van der Waals surface area contributed by atoms with Crippen LogP contribution in [0.15, 0.2) is 12.2 Å². The highest BCUT2D eigenvalue weighted by atomic mass is 16.5. The lowest BCUT2D eigenvalue weighted by Crippen LogP contribution is -2.46. The number of carbonyl (C=O) groups excluding carboxylic acids is 2. The third-order valence-corrected chi connectivity index (χ3v) is 13.1. The molecule has 3 atom stereocenters. The Hall–Kier alpha value is -1.40. The molecule has 0 radical (unpaired) electrons. The lowest BCUT2D eigenvalue weighted by Gasteiger charge is -2.24. The van der Waals surface area contributed by atoms with E-state index >= 15 is 0 Å². The predicted octanol–water partition coefficient (Wildman–Crippen LogP) is 16.9. The van der Waals surface area contributed by atoms with E-state index in [0.717, 1.165) is 51.4 Å². The highest BCUT2D eigenvalue weighted by Gasteiger charge is 2.24. The summed E-state index contributed by atoms with van der Waals surface area (Å²) in [7, 11) is 0. The van der Waals surface area contributed by atoms with Crippen molar-refractivity contribution >= 4 is 11.9 Å². The van der Waals surface area contributed by atoms with E-state index in [4.69, 9.17) is 4.74 Å². The number of nitrogens with one attached hydrogen (secondary N) is 1. The summed E-state index contributed by atoms with van der Waals surface area (Å²) in [6.45, 7) is 6.50. The van der Waals surface area contributed by atoms with E-state index < -0.39 is 18.2 Å². The van der Waals surface area contributed by atoms with Crippen molar-refractivity contribution < 1.29 is 24.5 Å². The number of aliphatic hydroxyl groups excluding tert-OH is 2. The summed E-state index contributed by atoms with van der Waals surface area (Å²) in [6.07, 6.45) is 57.1. The molecule has 0 aromatic rings. The van der Waals surface area contributed by atoms with E-state index in [1.54, 1.807) is 0 Å². The van der Waals surface area contributed by atoms with Gasteiger partial charge in [-0.2, -0.15) is 0 Å². The van der Waals surface area contributed by atoms with Crippen LogP contribution in [0.2, 0.25) is 0 Å². The topological polar surface area (TPSA) is 95.9 Å². The zero-order valence-electron chi connectivity index (χ0n) is 42.0. The molecule has 0 aliphatic rings. The average molecular weight is 876 g/mol. The van der Waals surface area contributed by atoms with Crippen LogP contribution in [0, 0.1) is 0 Å². The Bertz CT molecular complexity index is 939. The predicted molar refractivity (Wildman–Crippen MR) is 269 cm³/mol. The molecule has 368 valence electrons. The maximum Gasteiger partial charge on any atom is 0.306 e. The van der Waals surface area contributed by atoms with Gasteiger partial charge in [0, 0.05) is 6.42 Å². The second kappa shape index (κ2) is 50.6. The highest BCUT2D eigenvalue weighted by molar-refractivity contribution is 5.77. The minimum atomic E-state index is -0.782. The fourth-order valence-electron chi connectivity index (χ4n) is 8.84. The lowest BCUT2D eigenvalue weighted by molar-refractivity contribution is -0.151. The molecular weight excluding hydrogens is 767 g/mol. The summed E-state index contributed by atoms with van der Waals surface area (Å²) < 4.78 is 5.96. The monoisotopic (exact) mass is 876 g/mol. The van der Waals surface area contributed by atoms with Crippen molar-refractivity contribution in [2.75, 3.05) is 6.61 Å². The molecule has 3 unspecified atom stereocenters. The molecule has 0 rings (SSSR count). The molecule has 0 saturated carbocycles. The van der Waals surface area contributed by atoms with Gasteiger partial charge in [0.1, 0.15) is 6.10 Å². The van der Waals surface area contributed by atoms with Crippen molar-refractivity contribution in [1.29, 1.82) is 0 Å². The zero-order chi connectivity index (χ0) is 45.2. The Labute approximate surface area is 387 Å². The number of carbonyl (C=O) groups is 2. The average Bonchev–Trinajstić information content (AvgIpc) is 3.26. The quantitative estimate of drug-likeness (QED) is 0.0321. The van der Waals surface area contributed by atoms with Gasteiger partial charge in [-0.05, 0) is 51.4 Å². The van der Waals surface area contributed by atoms with Gasteiger partial charge in [0.2, 0.25) is 5.91 Å². The molecule has 0 aromatic carbocycles. The third kappa shape index (κ3) is 45.2. The van der Waals surface area contributed by atoms with Gasteiger partial charge in [-0.25, -0.2) is 0 Å². The molecule has 3 N–H and O–H groups in total. The first-order valence-electron chi connectivity index (χ1n) is 27.9. The van der Waals surface area contributed by atoms with Crippen LogP contribution in [-0.4, -0.2) is 46.9 Å². The first-order valence-corrected chi connectivity index (χ1v) is 27.9. The van der Waals surface area contributed by atoms with Gasteiger partial charge in [-0.15, -0.1) is 0 Å². The van der Waals surface area contributed by atoms with Crippen LogP contribution in [0.3, 0.4) is 0 Å². The van der Waals surface area contributed by atoms with E-state index in [0.29, 0.717) is 19.3 Å². The Morgan fingerprint density at radius 3 is 1.15 bits per heavy atom. The van der Waals surface area contributed by atoms with Gasteiger partial charge >= 0.3 is 5.97 Å². The summed E-state index contributed by atoms with van der Waals surface area (Å²) >= 11 is 0. The second-order valence-electron chi connectivity index (χ2n) is 19.3. The molecule has 0 spiro atoms. The van der Waals surface area contributed by atoms with Crippen LogP contribution in [0.25, 0.3) is 0 Å². The van der Waals surface area contributed by atoms with E-state index in [9.17, 15) is 19.8 Å².